The van der Waals surface area contributed by atoms with Crippen LogP contribution in [0.1, 0.15) is 91.4 Å². The third-order valence-electron chi connectivity index (χ3n) is 10.7. The molecule has 8 fully saturated rings. The minimum atomic E-state index is -0.981. The lowest BCUT2D eigenvalue weighted by Crippen LogP contribution is -2.60. The van der Waals surface area contributed by atoms with Crippen LogP contribution in [-0.4, -0.2) is 32.5 Å². The Kier molecular flexibility index (Phi) is 6.87. The van der Waals surface area contributed by atoms with Crippen LogP contribution in [0.5, 0.6) is 0 Å². The lowest BCUT2D eigenvalue weighted by molar-refractivity contribution is -0.195. The molecule has 0 aromatic heterocycles. The average Bonchev–Trinajstić information content (AvgIpc) is 2.75. The van der Waals surface area contributed by atoms with E-state index < -0.39 is 5.97 Å². The number of hydrogen-bond acceptors (Lipinski definition) is 3. The lowest BCUT2D eigenvalue weighted by atomic mass is 9.48. The standard InChI is InChI=1S/C13H22O.C12H20O.C3H4O2/c1-8(2)13(14)11-4-9-3-10(6-11)7-12(13)5-9;1-2-12(13)10-4-8-3-9(6-10)7-11(12)5-8;1-2-3(4)5/h8-12,14H,3-7H2,1-2H3;8-11,13H,2-7H2,1H3;2H,1H2,(H,4,5). The highest BCUT2D eigenvalue weighted by Gasteiger charge is 2.57. The van der Waals surface area contributed by atoms with Crippen molar-refractivity contribution in [2.24, 2.45) is 53.3 Å². The van der Waals surface area contributed by atoms with E-state index in [4.69, 9.17) is 5.11 Å². The molecule has 8 bridgehead atoms. The highest BCUT2D eigenvalue weighted by Crippen LogP contribution is 2.60. The molecule has 0 amide bonds. The topological polar surface area (TPSA) is 77.8 Å². The Morgan fingerprint density at radius 2 is 1.12 bits per heavy atom. The number of carboxylic acids is 1. The van der Waals surface area contributed by atoms with Crippen molar-refractivity contribution in [1.29, 1.82) is 0 Å². The Morgan fingerprint density at radius 3 is 1.38 bits per heavy atom. The Labute approximate surface area is 194 Å². The molecule has 4 heteroatoms. The second-order valence-corrected chi connectivity index (χ2v) is 12.5. The van der Waals surface area contributed by atoms with Gasteiger partial charge in [-0.05, 0) is 124 Å². The van der Waals surface area contributed by atoms with Crippen molar-refractivity contribution in [1.82, 2.24) is 0 Å². The average molecular weight is 447 g/mol. The summed E-state index contributed by atoms with van der Waals surface area (Å²) in [7, 11) is 0. The van der Waals surface area contributed by atoms with Gasteiger partial charge in [-0.15, -0.1) is 0 Å². The van der Waals surface area contributed by atoms with Crippen LogP contribution in [-0.2, 0) is 4.79 Å². The minimum absolute atomic E-state index is 0.257. The first kappa shape index (κ1) is 24.3. The molecule has 4 nitrogen and oxygen atoms in total. The van der Waals surface area contributed by atoms with Gasteiger partial charge in [0, 0.05) is 6.08 Å². The second kappa shape index (κ2) is 9.06. The van der Waals surface area contributed by atoms with Crippen LogP contribution in [0.2, 0.25) is 0 Å². The summed E-state index contributed by atoms with van der Waals surface area (Å²) in [5.74, 6) is 5.97. The molecule has 8 aliphatic carbocycles. The summed E-state index contributed by atoms with van der Waals surface area (Å²) in [5, 5.41) is 29.1. The Bertz CT molecular complexity index is 640. The molecule has 0 saturated heterocycles. The Hall–Kier alpha value is -0.870. The zero-order valence-corrected chi connectivity index (χ0v) is 20.5. The molecule has 8 rings (SSSR count). The largest absolute Gasteiger partial charge is 0.478 e. The Morgan fingerprint density at radius 1 is 0.812 bits per heavy atom. The summed E-state index contributed by atoms with van der Waals surface area (Å²) in [5.41, 5.74) is -0.555. The third kappa shape index (κ3) is 4.19. The molecular weight excluding hydrogens is 400 g/mol. The monoisotopic (exact) mass is 446 g/mol. The molecule has 3 N–H and O–H groups in total. The van der Waals surface area contributed by atoms with Gasteiger partial charge in [-0.2, -0.15) is 0 Å². The lowest BCUT2D eigenvalue weighted by Gasteiger charge is -2.60. The van der Waals surface area contributed by atoms with Gasteiger partial charge >= 0.3 is 5.97 Å². The van der Waals surface area contributed by atoms with Crippen LogP contribution >= 0.6 is 0 Å². The summed E-state index contributed by atoms with van der Waals surface area (Å²) in [6, 6.07) is 0. The summed E-state index contributed by atoms with van der Waals surface area (Å²) in [6.07, 6.45) is 15.4. The van der Waals surface area contributed by atoms with Crippen molar-refractivity contribution in [2.75, 3.05) is 0 Å². The van der Waals surface area contributed by atoms with E-state index in [9.17, 15) is 15.0 Å². The van der Waals surface area contributed by atoms with Gasteiger partial charge in [0.2, 0.25) is 0 Å². The van der Waals surface area contributed by atoms with E-state index in [1.807, 2.05) is 0 Å². The number of rotatable bonds is 3. The van der Waals surface area contributed by atoms with Crippen molar-refractivity contribution in [2.45, 2.75) is 103 Å². The maximum Gasteiger partial charge on any atom is 0.327 e. The highest BCUT2D eigenvalue weighted by molar-refractivity contribution is 5.78. The quantitative estimate of drug-likeness (QED) is 0.488. The molecule has 8 saturated carbocycles. The summed E-state index contributed by atoms with van der Waals surface area (Å²) >= 11 is 0. The van der Waals surface area contributed by atoms with Crippen molar-refractivity contribution in [3.63, 3.8) is 0 Å². The molecule has 0 radical (unpaired) electrons. The molecule has 182 valence electrons. The molecular formula is C28H46O4. The maximum atomic E-state index is 10.9. The van der Waals surface area contributed by atoms with Crippen molar-refractivity contribution < 1.29 is 20.1 Å². The van der Waals surface area contributed by atoms with Gasteiger partial charge < -0.3 is 15.3 Å². The van der Waals surface area contributed by atoms with Crippen molar-refractivity contribution in [3.05, 3.63) is 12.7 Å². The molecule has 0 spiro atoms. The first-order chi connectivity index (χ1) is 15.1. The van der Waals surface area contributed by atoms with E-state index in [-0.39, 0.29) is 11.2 Å². The van der Waals surface area contributed by atoms with E-state index in [0.29, 0.717) is 29.6 Å². The van der Waals surface area contributed by atoms with Crippen LogP contribution in [0.3, 0.4) is 0 Å². The van der Waals surface area contributed by atoms with E-state index in [0.717, 1.165) is 36.2 Å². The molecule has 0 aromatic carbocycles. The fourth-order valence-electron chi connectivity index (χ4n) is 9.46. The van der Waals surface area contributed by atoms with Crippen LogP contribution in [0.25, 0.3) is 0 Å². The van der Waals surface area contributed by atoms with Crippen molar-refractivity contribution >= 4 is 5.97 Å². The van der Waals surface area contributed by atoms with Crippen LogP contribution in [0, 0.1) is 53.3 Å². The normalized spacial score (nSPS) is 49.2. The SMILES string of the molecule is C=CC(=O)O.CC(C)C1(O)C2CC3CC(C2)CC1C3.CCC1(O)C2CC3CC(C2)CC1C3. The first-order valence-electron chi connectivity index (χ1n) is 13.4. The first-order valence-corrected chi connectivity index (χ1v) is 13.4. The smallest absolute Gasteiger partial charge is 0.327 e. The van der Waals surface area contributed by atoms with E-state index >= 15 is 0 Å². The Balaban J connectivity index is 0.000000128. The fraction of sp³-hybridized carbons (Fsp3) is 0.893. The molecule has 8 aliphatic rings. The van der Waals surface area contributed by atoms with Crippen LogP contribution in [0.15, 0.2) is 12.7 Å². The van der Waals surface area contributed by atoms with E-state index in [1.165, 1.54) is 64.2 Å². The summed E-state index contributed by atoms with van der Waals surface area (Å²) in [6.45, 7) is 9.55. The number of carboxylic acid groups (broad SMARTS) is 1. The van der Waals surface area contributed by atoms with Crippen molar-refractivity contribution in [3.8, 4) is 0 Å². The van der Waals surface area contributed by atoms with Gasteiger partial charge in [0.05, 0.1) is 11.2 Å². The van der Waals surface area contributed by atoms with Crippen LogP contribution < -0.4 is 0 Å². The van der Waals surface area contributed by atoms with E-state index in [1.54, 1.807) is 0 Å². The van der Waals surface area contributed by atoms with Crippen LogP contribution in [0.4, 0.5) is 0 Å². The predicted octanol–water partition coefficient (Wildman–Crippen LogP) is 5.67. The molecule has 32 heavy (non-hydrogen) atoms. The zero-order valence-electron chi connectivity index (χ0n) is 20.5. The van der Waals surface area contributed by atoms with Gasteiger partial charge in [0.1, 0.15) is 0 Å². The van der Waals surface area contributed by atoms with Gasteiger partial charge in [0.25, 0.3) is 0 Å². The zero-order chi connectivity index (χ0) is 23.3. The highest BCUT2D eigenvalue weighted by atomic mass is 16.4. The number of hydrogen-bond donors (Lipinski definition) is 3. The van der Waals surface area contributed by atoms with Gasteiger partial charge in [-0.25, -0.2) is 4.79 Å². The molecule has 0 heterocycles. The predicted molar refractivity (Wildman–Crippen MR) is 127 cm³/mol. The molecule has 0 unspecified atom stereocenters. The van der Waals surface area contributed by atoms with Gasteiger partial charge in [-0.1, -0.05) is 27.4 Å². The third-order valence-corrected chi connectivity index (χ3v) is 10.7. The number of aliphatic carboxylic acids is 1. The number of aliphatic hydroxyl groups is 2. The summed E-state index contributed by atoms with van der Waals surface area (Å²) < 4.78 is 0. The summed E-state index contributed by atoms with van der Waals surface area (Å²) in [4.78, 5) is 9.25. The number of carbonyl (C=O) groups is 1. The fourth-order valence-corrected chi connectivity index (χ4v) is 9.46. The van der Waals surface area contributed by atoms with E-state index in [2.05, 4.69) is 27.4 Å². The second-order valence-electron chi connectivity index (χ2n) is 12.5. The molecule has 0 atom stereocenters. The minimum Gasteiger partial charge on any atom is -0.478 e. The maximum absolute atomic E-state index is 10.9. The molecule has 0 aliphatic heterocycles. The molecule has 0 aromatic rings. The van der Waals surface area contributed by atoms with Gasteiger partial charge in [0.15, 0.2) is 0 Å². The van der Waals surface area contributed by atoms with Gasteiger partial charge in [-0.3, -0.25) is 0 Å².